The van der Waals surface area contributed by atoms with Crippen molar-refractivity contribution in [2.45, 2.75) is 19.4 Å². The van der Waals surface area contributed by atoms with Crippen LogP contribution in [0.15, 0.2) is 47.4 Å². The predicted octanol–water partition coefficient (Wildman–Crippen LogP) is 2.51. The number of likely N-dealkylation sites (tertiary alicyclic amines) is 1. The van der Waals surface area contributed by atoms with Gasteiger partial charge in [0.15, 0.2) is 5.69 Å². The summed E-state index contributed by atoms with van der Waals surface area (Å²) in [6, 6.07) is 9.44. The first-order valence-corrected chi connectivity index (χ1v) is 8.22. The zero-order valence-electron chi connectivity index (χ0n) is 14.4. The van der Waals surface area contributed by atoms with Crippen LogP contribution < -0.4 is 0 Å². The molecular weight excluding hydrogens is 318 g/mol. The van der Waals surface area contributed by atoms with Gasteiger partial charge in [-0.3, -0.25) is 9.59 Å². The van der Waals surface area contributed by atoms with E-state index in [0.717, 1.165) is 12.0 Å². The van der Waals surface area contributed by atoms with E-state index in [1.54, 1.807) is 23.8 Å². The number of aromatic nitrogens is 1. The Hall–Kier alpha value is -2.89. The molecule has 25 heavy (non-hydrogen) atoms. The number of rotatable bonds is 4. The monoisotopic (exact) mass is 339 g/mol. The van der Waals surface area contributed by atoms with Gasteiger partial charge in [-0.25, -0.2) is 4.98 Å². The van der Waals surface area contributed by atoms with Crippen LogP contribution >= 0.6 is 0 Å². The Labute approximate surface area is 146 Å². The summed E-state index contributed by atoms with van der Waals surface area (Å²) < 4.78 is 5.67. The number of likely N-dealkylation sites (N-methyl/N-ethyl adjacent to an activating group) is 1. The highest BCUT2D eigenvalue weighted by Gasteiger charge is 2.32. The van der Waals surface area contributed by atoms with Crippen LogP contribution in [0.2, 0.25) is 0 Å². The maximum Gasteiger partial charge on any atom is 0.276 e. The molecule has 0 radical (unpaired) electrons. The van der Waals surface area contributed by atoms with E-state index in [4.69, 9.17) is 4.42 Å². The zero-order valence-corrected chi connectivity index (χ0v) is 14.4. The molecule has 2 aromatic rings. The van der Waals surface area contributed by atoms with Crippen LogP contribution in [0, 0.1) is 6.92 Å². The first kappa shape index (κ1) is 17.0. The Kier molecular flexibility index (Phi) is 4.70. The number of aryl methyl sites for hydroxylation is 1. The molecule has 1 aliphatic heterocycles. The van der Waals surface area contributed by atoms with Crippen molar-refractivity contribution in [1.29, 1.82) is 0 Å². The molecule has 6 heteroatoms. The SMILES string of the molecule is C=CC(=O)N1CC[C@@H](N(C)C(=O)c2nc(-c3ccccc3)oc2C)C1. The largest absolute Gasteiger partial charge is 0.441 e. The van der Waals surface area contributed by atoms with Gasteiger partial charge < -0.3 is 14.2 Å². The maximum atomic E-state index is 12.8. The molecule has 3 rings (SSSR count). The third-order valence-electron chi connectivity index (χ3n) is 4.54. The van der Waals surface area contributed by atoms with E-state index >= 15 is 0 Å². The molecule has 130 valence electrons. The Bertz CT molecular complexity index is 798. The molecule has 1 atom stereocenters. The van der Waals surface area contributed by atoms with Gasteiger partial charge >= 0.3 is 0 Å². The van der Waals surface area contributed by atoms with Gasteiger partial charge in [0, 0.05) is 25.7 Å². The summed E-state index contributed by atoms with van der Waals surface area (Å²) in [6.07, 6.45) is 2.04. The van der Waals surface area contributed by atoms with Crippen molar-refractivity contribution in [3.8, 4) is 11.5 Å². The Morgan fingerprint density at radius 1 is 1.36 bits per heavy atom. The molecule has 0 N–H and O–H groups in total. The van der Waals surface area contributed by atoms with Gasteiger partial charge in [-0.2, -0.15) is 0 Å². The topological polar surface area (TPSA) is 66.7 Å². The number of amides is 2. The average Bonchev–Trinajstić information content (AvgIpc) is 3.27. The summed E-state index contributed by atoms with van der Waals surface area (Å²) in [5.74, 6) is 0.631. The highest BCUT2D eigenvalue weighted by Crippen LogP contribution is 2.23. The van der Waals surface area contributed by atoms with E-state index in [9.17, 15) is 9.59 Å². The van der Waals surface area contributed by atoms with Gasteiger partial charge in [0.05, 0.1) is 6.04 Å². The van der Waals surface area contributed by atoms with Crippen LogP contribution in [0.1, 0.15) is 22.7 Å². The standard InChI is InChI=1S/C19H21N3O3/c1-4-16(23)22-11-10-15(12-22)21(3)19(24)17-13(2)25-18(20-17)14-8-6-5-7-9-14/h4-9,15H,1,10-12H2,2-3H3/t15-/m1/s1. The first-order chi connectivity index (χ1) is 12.0. The van der Waals surface area contributed by atoms with E-state index in [1.807, 2.05) is 30.3 Å². The quantitative estimate of drug-likeness (QED) is 0.803. The fourth-order valence-electron chi connectivity index (χ4n) is 3.02. The molecule has 0 unspecified atom stereocenters. The summed E-state index contributed by atoms with van der Waals surface area (Å²) in [6.45, 7) is 6.38. The third-order valence-corrected chi connectivity index (χ3v) is 4.54. The summed E-state index contributed by atoms with van der Waals surface area (Å²) >= 11 is 0. The van der Waals surface area contributed by atoms with Crippen molar-refractivity contribution >= 4 is 11.8 Å². The second-order valence-electron chi connectivity index (χ2n) is 6.14. The van der Waals surface area contributed by atoms with Crippen LogP contribution in [0.4, 0.5) is 0 Å². The lowest BCUT2D eigenvalue weighted by Gasteiger charge is -2.24. The fourth-order valence-corrected chi connectivity index (χ4v) is 3.02. The van der Waals surface area contributed by atoms with Gasteiger partial charge in [-0.1, -0.05) is 24.8 Å². The Morgan fingerprint density at radius 3 is 2.76 bits per heavy atom. The Balaban J connectivity index is 1.76. The molecule has 6 nitrogen and oxygen atoms in total. The van der Waals surface area contributed by atoms with E-state index in [-0.39, 0.29) is 17.9 Å². The molecule has 1 fully saturated rings. The lowest BCUT2D eigenvalue weighted by molar-refractivity contribution is -0.125. The summed E-state index contributed by atoms with van der Waals surface area (Å²) in [5, 5.41) is 0. The van der Waals surface area contributed by atoms with Crippen LogP contribution in [0.5, 0.6) is 0 Å². The highest BCUT2D eigenvalue weighted by atomic mass is 16.4. The molecule has 2 heterocycles. The van der Waals surface area contributed by atoms with Crippen LogP contribution in [-0.2, 0) is 4.79 Å². The predicted molar refractivity (Wildman–Crippen MR) is 94.0 cm³/mol. The fraction of sp³-hybridized carbons (Fsp3) is 0.316. The second kappa shape index (κ2) is 6.93. The lowest BCUT2D eigenvalue weighted by atomic mass is 10.2. The molecule has 0 saturated carbocycles. The normalized spacial score (nSPS) is 16.7. The van der Waals surface area contributed by atoms with Gasteiger partial charge in [0.2, 0.25) is 11.8 Å². The molecule has 1 aromatic heterocycles. The molecule has 0 aliphatic carbocycles. The van der Waals surface area contributed by atoms with Crippen molar-refractivity contribution in [3.05, 3.63) is 54.4 Å². The number of hydrogen-bond acceptors (Lipinski definition) is 4. The van der Waals surface area contributed by atoms with E-state index in [1.165, 1.54) is 6.08 Å². The lowest BCUT2D eigenvalue weighted by Crippen LogP contribution is -2.40. The molecule has 0 bridgehead atoms. The van der Waals surface area contributed by atoms with Gasteiger partial charge in [0.1, 0.15) is 5.76 Å². The highest BCUT2D eigenvalue weighted by molar-refractivity contribution is 5.94. The number of carbonyl (C=O) groups excluding carboxylic acids is 2. The van der Waals surface area contributed by atoms with Crippen LogP contribution in [0.3, 0.4) is 0 Å². The number of hydrogen-bond donors (Lipinski definition) is 0. The van der Waals surface area contributed by atoms with Crippen molar-refractivity contribution in [3.63, 3.8) is 0 Å². The number of benzene rings is 1. The van der Waals surface area contributed by atoms with Crippen LogP contribution in [0.25, 0.3) is 11.5 Å². The minimum atomic E-state index is -0.193. The Morgan fingerprint density at radius 2 is 2.08 bits per heavy atom. The summed E-state index contributed by atoms with van der Waals surface area (Å²) in [5.41, 5.74) is 1.14. The van der Waals surface area contributed by atoms with Crippen molar-refractivity contribution in [2.24, 2.45) is 0 Å². The minimum Gasteiger partial charge on any atom is -0.441 e. The second-order valence-corrected chi connectivity index (χ2v) is 6.14. The molecule has 2 amide bonds. The zero-order chi connectivity index (χ0) is 18.0. The van der Waals surface area contributed by atoms with Crippen molar-refractivity contribution < 1.29 is 14.0 Å². The molecular formula is C19H21N3O3. The molecule has 1 aliphatic rings. The van der Waals surface area contributed by atoms with E-state index in [0.29, 0.717) is 30.4 Å². The third kappa shape index (κ3) is 3.33. The van der Waals surface area contributed by atoms with Crippen molar-refractivity contribution in [2.75, 3.05) is 20.1 Å². The van der Waals surface area contributed by atoms with Gasteiger partial charge in [-0.15, -0.1) is 0 Å². The minimum absolute atomic E-state index is 0.0346. The number of nitrogens with zero attached hydrogens (tertiary/aromatic N) is 3. The number of carbonyl (C=O) groups is 2. The molecule has 0 spiro atoms. The smallest absolute Gasteiger partial charge is 0.276 e. The maximum absolute atomic E-state index is 12.8. The van der Waals surface area contributed by atoms with Gasteiger partial charge in [-0.05, 0) is 31.6 Å². The molecule has 1 aromatic carbocycles. The summed E-state index contributed by atoms with van der Waals surface area (Å²) in [7, 11) is 1.74. The van der Waals surface area contributed by atoms with Crippen LogP contribution in [-0.4, -0.2) is 52.8 Å². The van der Waals surface area contributed by atoms with Crippen molar-refractivity contribution in [1.82, 2.24) is 14.8 Å². The number of oxazole rings is 1. The summed E-state index contributed by atoms with van der Waals surface area (Å²) in [4.78, 5) is 32.3. The first-order valence-electron chi connectivity index (χ1n) is 8.22. The average molecular weight is 339 g/mol. The van der Waals surface area contributed by atoms with E-state index < -0.39 is 0 Å². The molecule has 1 saturated heterocycles. The van der Waals surface area contributed by atoms with Gasteiger partial charge in [0.25, 0.3) is 5.91 Å². The van der Waals surface area contributed by atoms with E-state index in [2.05, 4.69) is 11.6 Å².